The average molecular weight is 286 g/mol. The van der Waals surface area contributed by atoms with Crippen LogP contribution in [0.3, 0.4) is 0 Å². The highest BCUT2D eigenvalue weighted by molar-refractivity contribution is 6.31. The SMILES string of the molecule is CCCCCCCC(N)Cc1c(Cl)c(C)nn1CC. The van der Waals surface area contributed by atoms with Crippen molar-refractivity contribution in [2.75, 3.05) is 0 Å². The molecule has 110 valence electrons. The van der Waals surface area contributed by atoms with Crippen LogP contribution in [0.1, 0.15) is 63.8 Å². The minimum atomic E-state index is 0.195. The Hall–Kier alpha value is -0.540. The van der Waals surface area contributed by atoms with Gasteiger partial charge in [0.2, 0.25) is 0 Å². The summed E-state index contributed by atoms with van der Waals surface area (Å²) < 4.78 is 1.98. The molecule has 0 aliphatic heterocycles. The third-order valence-electron chi connectivity index (χ3n) is 3.59. The number of aromatic nitrogens is 2. The van der Waals surface area contributed by atoms with Crippen LogP contribution in [0.15, 0.2) is 0 Å². The van der Waals surface area contributed by atoms with Crippen LogP contribution in [0.4, 0.5) is 0 Å². The van der Waals surface area contributed by atoms with E-state index in [0.29, 0.717) is 0 Å². The standard InChI is InChI=1S/C15H28ClN3/c1-4-6-7-8-9-10-13(17)11-14-15(16)12(3)18-19(14)5-2/h13H,4-11,17H2,1-3H3. The monoisotopic (exact) mass is 285 g/mol. The summed E-state index contributed by atoms with van der Waals surface area (Å²) in [6.45, 7) is 7.13. The molecule has 0 saturated carbocycles. The van der Waals surface area contributed by atoms with Gasteiger partial charge in [0.1, 0.15) is 0 Å². The van der Waals surface area contributed by atoms with E-state index in [1.165, 1.54) is 32.1 Å². The maximum Gasteiger partial charge on any atom is 0.0847 e. The van der Waals surface area contributed by atoms with E-state index in [4.69, 9.17) is 17.3 Å². The largest absolute Gasteiger partial charge is 0.327 e. The summed E-state index contributed by atoms with van der Waals surface area (Å²) >= 11 is 6.30. The van der Waals surface area contributed by atoms with E-state index in [9.17, 15) is 0 Å². The number of unbranched alkanes of at least 4 members (excludes halogenated alkanes) is 4. The Morgan fingerprint density at radius 3 is 2.53 bits per heavy atom. The number of nitrogens with zero attached hydrogens (tertiary/aromatic N) is 2. The van der Waals surface area contributed by atoms with E-state index in [2.05, 4.69) is 18.9 Å². The van der Waals surface area contributed by atoms with Crippen LogP contribution in [0.5, 0.6) is 0 Å². The van der Waals surface area contributed by atoms with E-state index < -0.39 is 0 Å². The topological polar surface area (TPSA) is 43.8 Å². The first-order chi connectivity index (χ1) is 9.10. The highest BCUT2D eigenvalue weighted by atomic mass is 35.5. The van der Waals surface area contributed by atoms with Gasteiger partial charge in [-0.25, -0.2) is 0 Å². The van der Waals surface area contributed by atoms with E-state index in [1.807, 2.05) is 11.6 Å². The molecule has 1 aromatic heterocycles. The molecule has 0 amide bonds. The minimum absolute atomic E-state index is 0.195. The third-order valence-corrected chi connectivity index (χ3v) is 4.08. The molecule has 0 aliphatic rings. The van der Waals surface area contributed by atoms with E-state index in [0.717, 1.165) is 35.8 Å². The number of aryl methyl sites for hydroxylation is 2. The molecule has 0 bridgehead atoms. The van der Waals surface area contributed by atoms with Gasteiger partial charge in [-0.05, 0) is 20.3 Å². The Balaban J connectivity index is 2.41. The highest BCUT2D eigenvalue weighted by Gasteiger charge is 2.15. The maximum absolute atomic E-state index is 6.30. The molecule has 1 aromatic rings. The van der Waals surface area contributed by atoms with E-state index in [-0.39, 0.29) is 6.04 Å². The van der Waals surface area contributed by atoms with Gasteiger partial charge in [-0.15, -0.1) is 0 Å². The summed E-state index contributed by atoms with van der Waals surface area (Å²) in [6, 6.07) is 0.195. The van der Waals surface area contributed by atoms with Gasteiger partial charge >= 0.3 is 0 Å². The molecule has 0 saturated heterocycles. The molecule has 0 fully saturated rings. The van der Waals surface area contributed by atoms with Crippen LogP contribution < -0.4 is 5.73 Å². The molecular formula is C15H28ClN3. The Bertz CT molecular complexity index is 374. The first-order valence-electron chi connectivity index (χ1n) is 7.57. The normalized spacial score (nSPS) is 12.9. The quantitative estimate of drug-likeness (QED) is 0.694. The van der Waals surface area contributed by atoms with Crippen molar-refractivity contribution in [2.45, 2.75) is 78.3 Å². The molecule has 0 aliphatic carbocycles. The Morgan fingerprint density at radius 2 is 1.89 bits per heavy atom. The van der Waals surface area contributed by atoms with Gasteiger partial charge in [-0.1, -0.05) is 50.6 Å². The molecule has 1 atom stereocenters. The number of halogens is 1. The van der Waals surface area contributed by atoms with Crippen LogP contribution in [0.25, 0.3) is 0 Å². The van der Waals surface area contributed by atoms with Crippen molar-refractivity contribution in [3.8, 4) is 0 Å². The van der Waals surface area contributed by atoms with Gasteiger partial charge in [-0.3, -0.25) is 4.68 Å². The Kier molecular flexibility index (Phi) is 7.47. The second-order valence-corrected chi connectivity index (χ2v) is 5.71. The smallest absolute Gasteiger partial charge is 0.0847 e. The molecule has 0 radical (unpaired) electrons. The second kappa shape index (κ2) is 8.60. The summed E-state index contributed by atoms with van der Waals surface area (Å²) in [5.41, 5.74) is 8.23. The maximum atomic E-state index is 6.30. The summed E-state index contributed by atoms with van der Waals surface area (Å²) in [5, 5.41) is 5.23. The van der Waals surface area contributed by atoms with Crippen molar-refractivity contribution in [2.24, 2.45) is 5.73 Å². The number of hydrogen-bond acceptors (Lipinski definition) is 2. The van der Waals surface area contributed by atoms with Crippen LogP contribution in [-0.2, 0) is 13.0 Å². The molecule has 1 heterocycles. The molecule has 4 heteroatoms. The van der Waals surface area contributed by atoms with Crippen LogP contribution in [0.2, 0.25) is 5.02 Å². The Labute approximate surface area is 122 Å². The first kappa shape index (κ1) is 16.5. The van der Waals surface area contributed by atoms with Crippen LogP contribution in [-0.4, -0.2) is 15.8 Å². The lowest BCUT2D eigenvalue weighted by atomic mass is 10.0. The van der Waals surface area contributed by atoms with E-state index in [1.54, 1.807) is 0 Å². The molecule has 1 unspecified atom stereocenters. The predicted molar refractivity (Wildman–Crippen MR) is 82.7 cm³/mol. The summed E-state index contributed by atoms with van der Waals surface area (Å²) in [6.07, 6.45) is 8.38. The van der Waals surface area contributed by atoms with Gasteiger partial charge in [0, 0.05) is 19.0 Å². The molecule has 0 spiro atoms. The number of rotatable bonds is 9. The number of nitrogens with two attached hydrogens (primary N) is 1. The average Bonchev–Trinajstić information content (AvgIpc) is 2.66. The highest BCUT2D eigenvalue weighted by Crippen LogP contribution is 2.22. The zero-order chi connectivity index (χ0) is 14.3. The van der Waals surface area contributed by atoms with Crippen molar-refractivity contribution in [1.82, 2.24) is 9.78 Å². The lowest BCUT2D eigenvalue weighted by Gasteiger charge is -2.13. The molecule has 0 aromatic carbocycles. The molecule has 3 nitrogen and oxygen atoms in total. The lowest BCUT2D eigenvalue weighted by molar-refractivity contribution is 0.517. The lowest BCUT2D eigenvalue weighted by Crippen LogP contribution is -2.24. The number of hydrogen-bond donors (Lipinski definition) is 1. The fourth-order valence-electron chi connectivity index (χ4n) is 2.42. The third kappa shape index (κ3) is 5.15. The zero-order valence-corrected chi connectivity index (χ0v) is 13.3. The second-order valence-electron chi connectivity index (χ2n) is 5.33. The first-order valence-corrected chi connectivity index (χ1v) is 7.95. The van der Waals surface area contributed by atoms with Crippen LogP contribution >= 0.6 is 11.6 Å². The molecular weight excluding hydrogens is 258 g/mol. The predicted octanol–water partition coefficient (Wildman–Crippen LogP) is 4.10. The zero-order valence-electron chi connectivity index (χ0n) is 12.6. The van der Waals surface area contributed by atoms with Crippen LogP contribution in [0, 0.1) is 6.92 Å². The van der Waals surface area contributed by atoms with Crippen molar-refractivity contribution in [1.29, 1.82) is 0 Å². The molecule has 2 N–H and O–H groups in total. The fourth-order valence-corrected chi connectivity index (χ4v) is 2.64. The Morgan fingerprint density at radius 1 is 1.21 bits per heavy atom. The van der Waals surface area contributed by atoms with Crippen molar-refractivity contribution < 1.29 is 0 Å². The fraction of sp³-hybridized carbons (Fsp3) is 0.800. The van der Waals surface area contributed by atoms with E-state index >= 15 is 0 Å². The summed E-state index contributed by atoms with van der Waals surface area (Å²) in [7, 11) is 0. The molecule has 1 rings (SSSR count). The summed E-state index contributed by atoms with van der Waals surface area (Å²) in [5.74, 6) is 0. The van der Waals surface area contributed by atoms with Crippen molar-refractivity contribution in [3.63, 3.8) is 0 Å². The van der Waals surface area contributed by atoms with Crippen molar-refractivity contribution in [3.05, 3.63) is 16.4 Å². The minimum Gasteiger partial charge on any atom is -0.327 e. The van der Waals surface area contributed by atoms with Crippen molar-refractivity contribution >= 4 is 11.6 Å². The molecule has 19 heavy (non-hydrogen) atoms. The van der Waals surface area contributed by atoms with Gasteiger partial charge in [0.15, 0.2) is 0 Å². The van der Waals surface area contributed by atoms with Gasteiger partial charge < -0.3 is 5.73 Å². The van der Waals surface area contributed by atoms with Gasteiger partial charge in [0.25, 0.3) is 0 Å². The van der Waals surface area contributed by atoms with Gasteiger partial charge in [0.05, 0.1) is 16.4 Å². The van der Waals surface area contributed by atoms with Gasteiger partial charge in [-0.2, -0.15) is 5.10 Å². The summed E-state index contributed by atoms with van der Waals surface area (Å²) in [4.78, 5) is 0.